The summed E-state index contributed by atoms with van der Waals surface area (Å²) in [6.45, 7) is 0.927. The van der Waals surface area contributed by atoms with Crippen molar-refractivity contribution in [1.29, 1.82) is 0 Å². The highest BCUT2D eigenvalue weighted by Crippen LogP contribution is 2.28. The number of methoxy groups -OCH3 is 1. The van der Waals surface area contributed by atoms with E-state index in [-0.39, 0.29) is 0 Å². The largest absolute Gasteiger partial charge is 0.380 e. The van der Waals surface area contributed by atoms with E-state index in [0.717, 1.165) is 23.8 Å². The Morgan fingerprint density at radius 3 is 2.93 bits per heavy atom. The van der Waals surface area contributed by atoms with Crippen LogP contribution in [-0.4, -0.2) is 38.8 Å². The molecule has 84 valence electrons. The first kappa shape index (κ1) is 10.9. The maximum Gasteiger partial charge on any atom is 0.185 e. The lowest BCUT2D eigenvalue weighted by Crippen LogP contribution is -2.16. The van der Waals surface area contributed by atoms with Crippen LogP contribution in [0.4, 0.5) is 5.13 Å². The molecule has 0 saturated carbocycles. The number of thiazole rings is 1. The molecule has 1 N–H and O–H groups in total. The van der Waals surface area contributed by atoms with Gasteiger partial charge in [-0.3, -0.25) is 0 Å². The van der Waals surface area contributed by atoms with E-state index < -0.39 is 0 Å². The Hall–Kier alpha value is -0.650. The zero-order valence-corrected chi connectivity index (χ0v) is 10.2. The van der Waals surface area contributed by atoms with Crippen LogP contribution in [0.1, 0.15) is 18.2 Å². The molecule has 1 aromatic rings. The summed E-state index contributed by atoms with van der Waals surface area (Å²) in [5, 5.41) is 6.62. The van der Waals surface area contributed by atoms with Gasteiger partial charge in [-0.15, -0.1) is 11.3 Å². The molecule has 4 nitrogen and oxygen atoms in total. The molecule has 0 aromatic carbocycles. The van der Waals surface area contributed by atoms with Gasteiger partial charge in [-0.05, 0) is 6.42 Å². The molecule has 15 heavy (non-hydrogen) atoms. The minimum Gasteiger partial charge on any atom is -0.380 e. The summed E-state index contributed by atoms with van der Waals surface area (Å²) in [6.07, 6.45) is 1.35. The van der Waals surface area contributed by atoms with Crippen LogP contribution in [0.2, 0.25) is 0 Å². The van der Waals surface area contributed by atoms with Crippen molar-refractivity contribution in [2.45, 2.75) is 18.6 Å². The van der Waals surface area contributed by atoms with E-state index in [9.17, 15) is 0 Å². The summed E-state index contributed by atoms with van der Waals surface area (Å²) < 4.78 is 5.32. The third-order valence-corrected chi connectivity index (χ3v) is 3.70. The first-order valence-electron chi connectivity index (χ1n) is 5.09. The number of hydrogen-bond acceptors (Lipinski definition) is 5. The monoisotopic (exact) mass is 227 g/mol. The molecule has 0 aliphatic carbocycles. The first-order valence-corrected chi connectivity index (χ1v) is 5.97. The van der Waals surface area contributed by atoms with Crippen molar-refractivity contribution in [2.75, 3.05) is 32.6 Å². The molecule has 2 atom stereocenters. The maximum absolute atomic E-state index is 5.32. The molecule has 5 heteroatoms. The molecule has 0 radical (unpaired) electrons. The number of ether oxygens (including phenoxy) is 1. The Morgan fingerprint density at radius 1 is 1.60 bits per heavy atom. The van der Waals surface area contributed by atoms with Gasteiger partial charge in [0.2, 0.25) is 0 Å². The van der Waals surface area contributed by atoms with Crippen LogP contribution in [0.5, 0.6) is 0 Å². The van der Waals surface area contributed by atoms with E-state index in [1.54, 1.807) is 18.4 Å². The standard InChI is InChI=1S/C10H17N3OS/c1-13(2)10-12-9(6-15-10)8-4-7(14-3)5-11-8/h6-8,11H,4-5H2,1-3H3. The van der Waals surface area contributed by atoms with Crippen molar-refractivity contribution < 1.29 is 4.74 Å². The van der Waals surface area contributed by atoms with E-state index in [1.165, 1.54) is 0 Å². The van der Waals surface area contributed by atoms with E-state index in [0.29, 0.717) is 12.1 Å². The Morgan fingerprint density at radius 2 is 2.40 bits per heavy atom. The first-order chi connectivity index (χ1) is 7.20. The summed E-state index contributed by atoms with van der Waals surface area (Å²) in [6, 6.07) is 0.361. The van der Waals surface area contributed by atoms with Crippen molar-refractivity contribution in [3.63, 3.8) is 0 Å². The fourth-order valence-electron chi connectivity index (χ4n) is 1.75. The van der Waals surface area contributed by atoms with E-state index in [1.807, 2.05) is 19.0 Å². The topological polar surface area (TPSA) is 37.4 Å². The Balaban J connectivity index is 2.04. The van der Waals surface area contributed by atoms with Crippen molar-refractivity contribution in [2.24, 2.45) is 0 Å². The van der Waals surface area contributed by atoms with Crippen molar-refractivity contribution in [3.8, 4) is 0 Å². The van der Waals surface area contributed by atoms with Crippen LogP contribution < -0.4 is 10.2 Å². The minimum absolute atomic E-state index is 0.333. The van der Waals surface area contributed by atoms with Crippen LogP contribution in [0.25, 0.3) is 0 Å². The van der Waals surface area contributed by atoms with Gasteiger partial charge in [0.15, 0.2) is 5.13 Å². The van der Waals surface area contributed by atoms with Gasteiger partial charge < -0.3 is 15.0 Å². The fourth-order valence-corrected chi connectivity index (χ4v) is 2.56. The highest BCUT2D eigenvalue weighted by molar-refractivity contribution is 7.13. The number of aromatic nitrogens is 1. The van der Waals surface area contributed by atoms with Gasteiger partial charge in [-0.25, -0.2) is 4.98 Å². The quantitative estimate of drug-likeness (QED) is 0.843. The summed E-state index contributed by atoms with van der Waals surface area (Å²) in [5.74, 6) is 0. The fraction of sp³-hybridized carbons (Fsp3) is 0.700. The van der Waals surface area contributed by atoms with Crippen LogP contribution in [0.15, 0.2) is 5.38 Å². The predicted octanol–water partition coefficient (Wildman–Crippen LogP) is 1.26. The second-order valence-electron chi connectivity index (χ2n) is 4.00. The van der Waals surface area contributed by atoms with E-state index >= 15 is 0 Å². The molecule has 0 bridgehead atoms. The second-order valence-corrected chi connectivity index (χ2v) is 4.84. The molecule has 0 spiro atoms. The van der Waals surface area contributed by atoms with Gasteiger partial charge in [-0.2, -0.15) is 0 Å². The highest BCUT2D eigenvalue weighted by atomic mass is 32.1. The summed E-state index contributed by atoms with van der Waals surface area (Å²) in [4.78, 5) is 6.63. The average Bonchev–Trinajstić information content (AvgIpc) is 2.86. The molecular weight excluding hydrogens is 210 g/mol. The molecule has 2 unspecified atom stereocenters. The van der Waals surface area contributed by atoms with Gasteiger partial charge in [0.25, 0.3) is 0 Å². The van der Waals surface area contributed by atoms with Crippen molar-refractivity contribution in [1.82, 2.24) is 10.3 Å². The SMILES string of the molecule is COC1CNC(c2csc(N(C)C)n2)C1. The van der Waals surface area contributed by atoms with Gasteiger partial charge in [0, 0.05) is 33.1 Å². The number of nitrogens with one attached hydrogen (secondary N) is 1. The Kier molecular flexibility index (Phi) is 3.23. The molecule has 2 heterocycles. The smallest absolute Gasteiger partial charge is 0.185 e. The lowest BCUT2D eigenvalue weighted by Gasteiger charge is -2.08. The predicted molar refractivity (Wildman–Crippen MR) is 62.6 cm³/mol. The number of hydrogen-bond donors (Lipinski definition) is 1. The van der Waals surface area contributed by atoms with E-state index in [2.05, 4.69) is 15.7 Å². The molecular formula is C10H17N3OS. The highest BCUT2D eigenvalue weighted by Gasteiger charge is 2.26. The van der Waals surface area contributed by atoms with Gasteiger partial charge in [0.05, 0.1) is 17.8 Å². The zero-order valence-electron chi connectivity index (χ0n) is 9.36. The summed E-state index contributed by atoms with van der Waals surface area (Å²) in [7, 11) is 5.80. The summed E-state index contributed by atoms with van der Waals surface area (Å²) >= 11 is 1.69. The molecule has 1 aliphatic heterocycles. The molecule has 0 amide bonds. The molecule has 1 saturated heterocycles. The van der Waals surface area contributed by atoms with Crippen LogP contribution in [0.3, 0.4) is 0 Å². The van der Waals surface area contributed by atoms with Gasteiger partial charge in [0.1, 0.15) is 0 Å². The average molecular weight is 227 g/mol. The molecule has 1 aromatic heterocycles. The zero-order chi connectivity index (χ0) is 10.8. The number of rotatable bonds is 3. The lowest BCUT2D eigenvalue weighted by molar-refractivity contribution is 0.117. The Labute approximate surface area is 94.3 Å². The van der Waals surface area contributed by atoms with Gasteiger partial charge >= 0.3 is 0 Å². The van der Waals surface area contributed by atoms with Crippen LogP contribution in [-0.2, 0) is 4.74 Å². The third-order valence-electron chi connectivity index (χ3n) is 2.67. The second kappa shape index (κ2) is 4.47. The van der Waals surface area contributed by atoms with E-state index in [4.69, 9.17) is 4.74 Å². The summed E-state index contributed by atoms with van der Waals surface area (Å²) in [5.41, 5.74) is 1.14. The normalized spacial score (nSPS) is 25.8. The van der Waals surface area contributed by atoms with Crippen molar-refractivity contribution >= 4 is 16.5 Å². The van der Waals surface area contributed by atoms with Crippen molar-refractivity contribution in [3.05, 3.63) is 11.1 Å². The minimum atomic E-state index is 0.333. The Bertz CT molecular complexity index is 326. The maximum atomic E-state index is 5.32. The van der Waals surface area contributed by atoms with Gasteiger partial charge in [-0.1, -0.05) is 0 Å². The third kappa shape index (κ3) is 2.30. The van der Waals surface area contributed by atoms with Crippen LogP contribution >= 0.6 is 11.3 Å². The molecule has 1 aliphatic rings. The molecule has 1 fully saturated rings. The molecule has 2 rings (SSSR count). The van der Waals surface area contributed by atoms with Crippen LogP contribution in [0, 0.1) is 0 Å². The number of anilines is 1. The number of nitrogens with zero attached hydrogens (tertiary/aromatic N) is 2. The lowest BCUT2D eigenvalue weighted by atomic mass is 10.1.